The maximum atomic E-state index is 12.4. The highest BCUT2D eigenvalue weighted by Crippen LogP contribution is 2.38. The molecule has 0 fully saturated rings. The molecule has 0 heterocycles. The van der Waals surface area contributed by atoms with E-state index in [1.165, 1.54) is 11.6 Å². The topological polar surface area (TPSA) is 38.8 Å². The Bertz CT molecular complexity index is 994. The molecule has 0 bridgehead atoms. The fraction of sp³-hybridized carbons (Fsp3) is 0.444. The molecule has 0 saturated heterocycles. The van der Waals surface area contributed by atoms with Crippen molar-refractivity contribution in [3.8, 4) is 5.75 Å². The third-order valence-corrected chi connectivity index (χ3v) is 7.54. The number of ether oxygens (including phenoxy) is 2. The molecule has 0 unspecified atom stereocenters. The Balaban J connectivity index is 1.75. The predicted octanol–water partition coefficient (Wildman–Crippen LogP) is 7.48. The molecule has 3 rings (SSSR count). The van der Waals surface area contributed by atoms with E-state index in [0.29, 0.717) is 18.5 Å². The summed E-state index contributed by atoms with van der Waals surface area (Å²) >= 11 is 7.31. The van der Waals surface area contributed by atoms with E-state index >= 15 is 0 Å². The van der Waals surface area contributed by atoms with Gasteiger partial charge >= 0.3 is 5.97 Å². The van der Waals surface area contributed by atoms with Gasteiger partial charge in [0.05, 0.1) is 25.5 Å². The maximum Gasteiger partial charge on any atom is 0.337 e. The number of methoxy groups -OCH3 is 1. The van der Waals surface area contributed by atoms with E-state index in [-0.39, 0.29) is 18.7 Å². The Morgan fingerprint density at radius 1 is 1.15 bits per heavy atom. The van der Waals surface area contributed by atoms with E-state index in [4.69, 9.17) is 9.47 Å². The lowest BCUT2D eigenvalue weighted by Gasteiger charge is -2.21. The lowest BCUT2D eigenvalue weighted by atomic mass is 9.92. The first-order chi connectivity index (χ1) is 16.5. The summed E-state index contributed by atoms with van der Waals surface area (Å²) in [4.78, 5) is 12.0. The molecule has 184 valence electrons. The van der Waals surface area contributed by atoms with Gasteiger partial charge in [-0.15, -0.1) is 0 Å². The van der Waals surface area contributed by atoms with Crippen LogP contribution in [-0.2, 0) is 11.2 Å². The molecule has 7 heteroatoms. The summed E-state index contributed by atoms with van der Waals surface area (Å²) in [5.74, 6) is 0.529. The molecular weight excluding hydrogens is 565 g/mol. The predicted molar refractivity (Wildman–Crippen MR) is 143 cm³/mol. The number of nitrogens with zero attached hydrogens (tertiary/aromatic N) is 1. The molecule has 1 aliphatic carbocycles. The molecule has 0 amide bonds. The first-order valence-corrected chi connectivity index (χ1v) is 13.3. The van der Waals surface area contributed by atoms with Gasteiger partial charge in [-0.1, -0.05) is 41.1 Å². The summed E-state index contributed by atoms with van der Waals surface area (Å²) in [7, 11) is 1.41. The minimum absolute atomic E-state index is 0.0950. The number of fused-ring (bicyclic) bond motifs is 1. The number of hydrogen-bond acceptors (Lipinski definition) is 4. The zero-order valence-electron chi connectivity index (χ0n) is 19.8. The van der Waals surface area contributed by atoms with E-state index < -0.39 is 0 Å². The molecule has 0 N–H and O–H groups in total. The average molecular weight is 597 g/mol. The zero-order chi connectivity index (χ0) is 24.5. The molecule has 1 aliphatic rings. The Hall–Kier alpha value is -1.70. The van der Waals surface area contributed by atoms with Crippen molar-refractivity contribution in [1.29, 1.82) is 0 Å². The van der Waals surface area contributed by atoms with Crippen LogP contribution in [0.3, 0.4) is 0 Å². The van der Waals surface area contributed by atoms with Crippen LogP contribution in [-0.4, -0.2) is 42.9 Å². The van der Waals surface area contributed by atoms with Crippen molar-refractivity contribution < 1.29 is 18.7 Å². The third kappa shape index (κ3) is 7.15. The molecule has 0 radical (unpaired) electrons. The van der Waals surface area contributed by atoms with Gasteiger partial charge in [0.15, 0.2) is 0 Å². The number of benzene rings is 2. The number of rotatable bonds is 11. The highest BCUT2D eigenvalue weighted by molar-refractivity contribution is 9.11. The number of esters is 1. The van der Waals surface area contributed by atoms with Crippen molar-refractivity contribution >= 4 is 43.6 Å². The van der Waals surface area contributed by atoms with Crippen molar-refractivity contribution in [2.75, 3.05) is 26.9 Å². The first-order valence-electron chi connectivity index (χ1n) is 11.8. The third-order valence-electron chi connectivity index (χ3n) is 6.04. The minimum atomic E-state index is -0.311. The van der Waals surface area contributed by atoms with Gasteiger partial charge in [-0.25, -0.2) is 8.72 Å². The molecule has 0 aromatic heterocycles. The second kappa shape index (κ2) is 13.4. The van der Waals surface area contributed by atoms with E-state index in [1.807, 2.05) is 34.3 Å². The zero-order valence-corrected chi connectivity index (χ0v) is 23.0. The van der Waals surface area contributed by atoms with Crippen LogP contribution in [0.5, 0.6) is 5.75 Å². The van der Waals surface area contributed by atoms with Crippen LogP contribution in [0.4, 0.5) is 4.39 Å². The summed E-state index contributed by atoms with van der Waals surface area (Å²) in [6, 6.07) is 14.1. The number of halogens is 3. The highest BCUT2D eigenvalue weighted by Gasteiger charge is 2.20. The summed E-state index contributed by atoms with van der Waals surface area (Å²) in [6.07, 6.45) is 5.26. The van der Waals surface area contributed by atoms with Gasteiger partial charge in [0.25, 0.3) is 0 Å². The number of carbonyl (C=O) groups is 1. The van der Waals surface area contributed by atoms with Crippen LogP contribution in [0, 0.1) is 0 Å². The standard InChI is InChI=1S/C27H32Br2FNO3/c1-3-22(14-17-31(29)16-5-15-30)34-23-11-8-19(9-12-23)26-24-13-10-21(27(32)33-2)18-20(24)6-4-7-25(26)28/h8-13,18,22H,3-7,14-17H2,1-2H3/t22-/m1/s1. The second-order valence-corrected chi connectivity index (χ2v) is 10.4. The van der Waals surface area contributed by atoms with Crippen molar-refractivity contribution in [1.82, 2.24) is 3.93 Å². The number of aryl methyl sites for hydroxylation is 1. The Labute approximate surface area is 219 Å². The molecule has 0 spiro atoms. The van der Waals surface area contributed by atoms with Gasteiger partial charge in [0, 0.05) is 33.7 Å². The fourth-order valence-electron chi connectivity index (χ4n) is 4.17. The molecule has 2 aromatic rings. The van der Waals surface area contributed by atoms with Crippen molar-refractivity contribution in [2.45, 2.75) is 51.6 Å². The fourth-order valence-corrected chi connectivity index (χ4v) is 5.35. The van der Waals surface area contributed by atoms with Crippen LogP contribution in [0.2, 0.25) is 0 Å². The maximum absolute atomic E-state index is 12.4. The van der Waals surface area contributed by atoms with Gasteiger partial charge in [0.1, 0.15) is 5.75 Å². The lowest BCUT2D eigenvalue weighted by molar-refractivity contribution is 0.0600. The molecule has 0 aliphatic heterocycles. The number of carbonyl (C=O) groups excluding carboxylic acids is 1. The number of hydrogen-bond donors (Lipinski definition) is 0. The van der Waals surface area contributed by atoms with Gasteiger partial charge in [-0.2, -0.15) is 0 Å². The van der Waals surface area contributed by atoms with Gasteiger partial charge in [-0.3, -0.25) is 4.39 Å². The van der Waals surface area contributed by atoms with Crippen molar-refractivity contribution in [2.24, 2.45) is 0 Å². The number of allylic oxidation sites excluding steroid dienone is 1. The summed E-state index contributed by atoms with van der Waals surface area (Å²) in [5.41, 5.74) is 5.15. The van der Waals surface area contributed by atoms with Crippen LogP contribution < -0.4 is 4.74 Å². The van der Waals surface area contributed by atoms with Crippen LogP contribution in [0.1, 0.15) is 66.1 Å². The second-order valence-electron chi connectivity index (χ2n) is 8.41. The molecule has 1 atom stereocenters. The Morgan fingerprint density at radius 2 is 1.91 bits per heavy atom. The monoisotopic (exact) mass is 595 g/mol. The van der Waals surface area contributed by atoms with Crippen LogP contribution in [0.25, 0.3) is 5.57 Å². The average Bonchev–Trinajstić information content (AvgIpc) is 3.02. The lowest BCUT2D eigenvalue weighted by Crippen LogP contribution is -2.23. The van der Waals surface area contributed by atoms with E-state index in [0.717, 1.165) is 66.7 Å². The van der Waals surface area contributed by atoms with Gasteiger partial charge in [0.2, 0.25) is 0 Å². The van der Waals surface area contributed by atoms with Crippen molar-refractivity contribution in [3.05, 3.63) is 69.2 Å². The molecule has 4 nitrogen and oxygen atoms in total. The normalized spacial score (nSPS) is 14.5. The van der Waals surface area contributed by atoms with E-state index in [2.05, 4.69) is 51.1 Å². The molecule has 34 heavy (non-hydrogen) atoms. The summed E-state index contributed by atoms with van der Waals surface area (Å²) in [5, 5.41) is 0. The smallest absolute Gasteiger partial charge is 0.337 e. The highest BCUT2D eigenvalue weighted by atomic mass is 79.9. The first kappa shape index (κ1) is 26.9. The van der Waals surface area contributed by atoms with E-state index in [1.54, 1.807) is 0 Å². The largest absolute Gasteiger partial charge is 0.490 e. The van der Waals surface area contributed by atoms with Crippen molar-refractivity contribution in [3.63, 3.8) is 0 Å². The molecule has 2 aromatic carbocycles. The molecule has 0 saturated carbocycles. The SMILES string of the molecule is CC[C@H](CCN(Br)CCCF)Oc1ccc(C2=C(Br)CCCc3cc(C(=O)OC)ccc32)cc1. The molecular formula is C27H32Br2FNO3. The van der Waals surface area contributed by atoms with E-state index in [9.17, 15) is 9.18 Å². The number of alkyl halides is 1. The van der Waals surface area contributed by atoms with Crippen LogP contribution in [0.15, 0.2) is 46.9 Å². The summed E-state index contributed by atoms with van der Waals surface area (Å²) in [6.45, 7) is 3.31. The van der Waals surface area contributed by atoms with Gasteiger partial charge in [-0.05, 0) is 85.1 Å². The van der Waals surface area contributed by atoms with Gasteiger partial charge < -0.3 is 9.47 Å². The minimum Gasteiger partial charge on any atom is -0.490 e. The summed E-state index contributed by atoms with van der Waals surface area (Å²) < 4.78 is 26.6. The van der Waals surface area contributed by atoms with Crippen LogP contribution >= 0.6 is 32.1 Å². The quantitative estimate of drug-likeness (QED) is 0.199. The Kier molecular flexibility index (Phi) is 10.6. The Morgan fingerprint density at radius 3 is 2.59 bits per heavy atom.